The van der Waals surface area contributed by atoms with Crippen LogP contribution in [0.4, 0.5) is 0 Å². The van der Waals surface area contributed by atoms with E-state index in [1.165, 1.54) is 0 Å². The highest BCUT2D eigenvalue weighted by Gasteiger charge is 2.22. The molecule has 1 atom stereocenters. The van der Waals surface area contributed by atoms with Crippen molar-refractivity contribution in [2.45, 2.75) is 38.6 Å². The predicted molar refractivity (Wildman–Crippen MR) is 43.3 cm³/mol. The fourth-order valence-corrected chi connectivity index (χ4v) is 0.766. The second kappa shape index (κ2) is 4.70. The van der Waals surface area contributed by atoms with Crippen LogP contribution in [-0.2, 0) is 9.47 Å². The van der Waals surface area contributed by atoms with E-state index < -0.39 is 5.60 Å². The molecule has 0 amide bonds. The molecule has 3 nitrogen and oxygen atoms in total. The third-order valence-electron chi connectivity index (χ3n) is 1.89. The van der Waals surface area contributed by atoms with E-state index >= 15 is 0 Å². The number of hydrogen-bond acceptors (Lipinski definition) is 3. The van der Waals surface area contributed by atoms with Crippen LogP contribution in [0.3, 0.4) is 0 Å². The van der Waals surface area contributed by atoms with E-state index in [1.807, 2.05) is 6.92 Å². The molecule has 0 fully saturated rings. The molecule has 0 aromatic heterocycles. The number of rotatable bonds is 5. The van der Waals surface area contributed by atoms with Crippen molar-refractivity contribution in [2.75, 3.05) is 14.2 Å². The largest absolute Gasteiger partial charge is 0.390 e. The molecule has 0 aromatic carbocycles. The first-order chi connectivity index (χ1) is 5.05. The van der Waals surface area contributed by atoms with Gasteiger partial charge in [-0.1, -0.05) is 6.92 Å². The van der Waals surface area contributed by atoms with E-state index in [0.717, 1.165) is 0 Å². The molecule has 0 aliphatic heterocycles. The molecule has 0 bridgehead atoms. The molecular formula is C8H18O3. The van der Waals surface area contributed by atoms with Gasteiger partial charge < -0.3 is 14.6 Å². The Bertz CT molecular complexity index is 97.5. The predicted octanol–water partition coefficient (Wildman–Crippen LogP) is 1.16. The number of aliphatic hydroxyl groups is 1. The average Bonchev–Trinajstić information content (AvgIpc) is 2.00. The van der Waals surface area contributed by atoms with Gasteiger partial charge in [0.1, 0.15) is 0 Å². The standard InChI is InChI=1S/C8H18O3/c1-5-8(2,9)6-7(10-3)11-4/h7,9H,5-6H2,1-4H3. The molecule has 0 rings (SSSR count). The first kappa shape index (κ1) is 10.9. The Hall–Kier alpha value is -0.120. The van der Waals surface area contributed by atoms with Crippen LogP contribution in [-0.4, -0.2) is 31.2 Å². The van der Waals surface area contributed by atoms with Crippen LogP contribution in [0.2, 0.25) is 0 Å². The maximum atomic E-state index is 9.60. The van der Waals surface area contributed by atoms with Crippen molar-refractivity contribution in [3.8, 4) is 0 Å². The molecule has 0 spiro atoms. The first-order valence-electron chi connectivity index (χ1n) is 3.83. The molecule has 0 aliphatic rings. The molecule has 1 N–H and O–H groups in total. The topological polar surface area (TPSA) is 38.7 Å². The average molecular weight is 162 g/mol. The second-order valence-electron chi connectivity index (χ2n) is 2.96. The van der Waals surface area contributed by atoms with Gasteiger partial charge in [0.25, 0.3) is 0 Å². The summed E-state index contributed by atoms with van der Waals surface area (Å²) in [4.78, 5) is 0. The van der Waals surface area contributed by atoms with Gasteiger partial charge in [-0.2, -0.15) is 0 Å². The van der Waals surface area contributed by atoms with E-state index in [-0.39, 0.29) is 6.29 Å². The van der Waals surface area contributed by atoms with Crippen LogP contribution in [0.15, 0.2) is 0 Å². The lowest BCUT2D eigenvalue weighted by Gasteiger charge is -2.25. The lowest BCUT2D eigenvalue weighted by atomic mass is 9.99. The van der Waals surface area contributed by atoms with Crippen molar-refractivity contribution < 1.29 is 14.6 Å². The van der Waals surface area contributed by atoms with Gasteiger partial charge in [-0.05, 0) is 13.3 Å². The lowest BCUT2D eigenvalue weighted by Crippen LogP contribution is -2.30. The Labute approximate surface area is 68.3 Å². The Morgan fingerprint density at radius 1 is 1.36 bits per heavy atom. The lowest BCUT2D eigenvalue weighted by molar-refractivity contribution is -0.140. The molecule has 3 heteroatoms. The fourth-order valence-electron chi connectivity index (χ4n) is 0.766. The third kappa shape index (κ3) is 4.35. The van der Waals surface area contributed by atoms with Crippen molar-refractivity contribution in [1.29, 1.82) is 0 Å². The Morgan fingerprint density at radius 2 is 1.82 bits per heavy atom. The molecule has 0 heterocycles. The molecule has 68 valence electrons. The molecule has 1 unspecified atom stereocenters. The molecule has 0 radical (unpaired) electrons. The minimum Gasteiger partial charge on any atom is -0.390 e. The van der Waals surface area contributed by atoms with Gasteiger partial charge in [0.05, 0.1) is 5.60 Å². The SMILES string of the molecule is CCC(C)(O)CC(OC)OC. The summed E-state index contributed by atoms with van der Waals surface area (Å²) in [6.45, 7) is 3.71. The Kier molecular flexibility index (Phi) is 4.65. The smallest absolute Gasteiger partial charge is 0.159 e. The quantitative estimate of drug-likeness (QED) is 0.616. The van der Waals surface area contributed by atoms with E-state index in [9.17, 15) is 5.11 Å². The minimum absolute atomic E-state index is 0.301. The van der Waals surface area contributed by atoms with Crippen LogP contribution < -0.4 is 0 Å². The summed E-state index contributed by atoms with van der Waals surface area (Å²) in [5.74, 6) is 0. The van der Waals surface area contributed by atoms with Gasteiger partial charge in [0.2, 0.25) is 0 Å². The van der Waals surface area contributed by atoms with Crippen LogP contribution in [0.25, 0.3) is 0 Å². The van der Waals surface area contributed by atoms with Gasteiger partial charge in [0, 0.05) is 20.6 Å². The highest BCUT2D eigenvalue weighted by Crippen LogP contribution is 2.17. The zero-order valence-corrected chi connectivity index (χ0v) is 7.76. The van der Waals surface area contributed by atoms with Gasteiger partial charge in [-0.15, -0.1) is 0 Å². The van der Waals surface area contributed by atoms with Crippen molar-refractivity contribution in [3.05, 3.63) is 0 Å². The normalized spacial score (nSPS) is 16.9. The van der Waals surface area contributed by atoms with Crippen LogP contribution in [0, 0.1) is 0 Å². The Balaban J connectivity index is 3.79. The zero-order chi connectivity index (χ0) is 8.91. The van der Waals surface area contributed by atoms with Crippen LogP contribution in [0.1, 0.15) is 26.7 Å². The highest BCUT2D eigenvalue weighted by molar-refractivity contribution is 4.71. The molecule has 0 saturated heterocycles. The highest BCUT2D eigenvalue weighted by atomic mass is 16.7. The van der Waals surface area contributed by atoms with Gasteiger partial charge >= 0.3 is 0 Å². The summed E-state index contributed by atoms with van der Waals surface area (Å²) >= 11 is 0. The number of ether oxygens (including phenoxy) is 2. The zero-order valence-electron chi connectivity index (χ0n) is 7.76. The maximum absolute atomic E-state index is 9.60. The summed E-state index contributed by atoms with van der Waals surface area (Å²) < 4.78 is 9.91. The molecule has 0 saturated carbocycles. The summed E-state index contributed by atoms with van der Waals surface area (Å²) in [5, 5.41) is 9.60. The minimum atomic E-state index is -0.684. The summed E-state index contributed by atoms with van der Waals surface area (Å²) in [5.41, 5.74) is -0.684. The monoisotopic (exact) mass is 162 g/mol. The van der Waals surface area contributed by atoms with Gasteiger partial charge in [0.15, 0.2) is 6.29 Å². The molecule has 0 aromatic rings. The molecule has 0 aliphatic carbocycles. The van der Waals surface area contributed by atoms with E-state index in [1.54, 1.807) is 21.1 Å². The number of methoxy groups -OCH3 is 2. The number of hydrogen-bond donors (Lipinski definition) is 1. The van der Waals surface area contributed by atoms with Crippen LogP contribution >= 0.6 is 0 Å². The summed E-state index contributed by atoms with van der Waals surface area (Å²) in [6, 6.07) is 0. The first-order valence-corrected chi connectivity index (χ1v) is 3.83. The van der Waals surface area contributed by atoms with Crippen molar-refractivity contribution in [1.82, 2.24) is 0 Å². The van der Waals surface area contributed by atoms with Crippen LogP contribution in [0.5, 0.6) is 0 Å². The molecular weight excluding hydrogens is 144 g/mol. The van der Waals surface area contributed by atoms with Crippen molar-refractivity contribution >= 4 is 0 Å². The van der Waals surface area contributed by atoms with Crippen molar-refractivity contribution in [2.24, 2.45) is 0 Å². The van der Waals surface area contributed by atoms with E-state index in [2.05, 4.69) is 0 Å². The van der Waals surface area contributed by atoms with E-state index in [4.69, 9.17) is 9.47 Å². The third-order valence-corrected chi connectivity index (χ3v) is 1.89. The van der Waals surface area contributed by atoms with Gasteiger partial charge in [-0.25, -0.2) is 0 Å². The van der Waals surface area contributed by atoms with Crippen molar-refractivity contribution in [3.63, 3.8) is 0 Å². The Morgan fingerprint density at radius 3 is 2.09 bits per heavy atom. The molecule has 11 heavy (non-hydrogen) atoms. The van der Waals surface area contributed by atoms with E-state index in [0.29, 0.717) is 12.8 Å². The maximum Gasteiger partial charge on any atom is 0.159 e. The fraction of sp³-hybridized carbons (Fsp3) is 1.00. The second-order valence-corrected chi connectivity index (χ2v) is 2.96. The summed E-state index contributed by atoms with van der Waals surface area (Å²) in [6.07, 6.45) is 0.914. The van der Waals surface area contributed by atoms with Gasteiger partial charge in [-0.3, -0.25) is 0 Å². The summed E-state index contributed by atoms with van der Waals surface area (Å²) in [7, 11) is 3.14.